The first-order valence-electron chi connectivity index (χ1n) is 8.39. The molecular formula is C20H26N2O3. The van der Waals surface area contributed by atoms with Gasteiger partial charge in [-0.25, -0.2) is 0 Å². The molecule has 0 heterocycles. The third-order valence-electron chi connectivity index (χ3n) is 3.92. The van der Waals surface area contributed by atoms with Crippen molar-refractivity contribution < 1.29 is 14.3 Å². The van der Waals surface area contributed by atoms with Crippen molar-refractivity contribution in [2.45, 2.75) is 26.2 Å². The molecule has 0 aliphatic heterocycles. The smallest absolute Gasteiger partial charge is 0.226 e. The van der Waals surface area contributed by atoms with Crippen molar-refractivity contribution in [2.24, 2.45) is 0 Å². The number of rotatable bonds is 8. The van der Waals surface area contributed by atoms with Crippen LogP contribution in [0.1, 0.15) is 31.7 Å². The molecule has 0 atom stereocenters. The first kappa shape index (κ1) is 18.6. The largest absolute Gasteiger partial charge is 0.493 e. The number of carbonyl (C=O) groups excluding carboxylic acids is 1. The summed E-state index contributed by atoms with van der Waals surface area (Å²) in [4.78, 5) is 12.2. The second-order valence-electron chi connectivity index (χ2n) is 6.04. The SMILES string of the molecule is COc1ccc(NC(=O)CCNc2ccccc2C(C)C)cc1OC. The summed E-state index contributed by atoms with van der Waals surface area (Å²) >= 11 is 0. The van der Waals surface area contributed by atoms with Crippen LogP contribution in [0.3, 0.4) is 0 Å². The van der Waals surface area contributed by atoms with Gasteiger partial charge in [0.05, 0.1) is 14.2 Å². The Kier molecular flexibility index (Phi) is 6.69. The summed E-state index contributed by atoms with van der Waals surface area (Å²) in [7, 11) is 3.15. The Balaban J connectivity index is 1.89. The van der Waals surface area contributed by atoms with E-state index in [0.717, 1.165) is 5.69 Å². The molecule has 2 N–H and O–H groups in total. The Morgan fingerprint density at radius 2 is 1.76 bits per heavy atom. The zero-order chi connectivity index (χ0) is 18.2. The molecular weight excluding hydrogens is 316 g/mol. The molecule has 0 saturated heterocycles. The van der Waals surface area contributed by atoms with Gasteiger partial charge in [0.15, 0.2) is 11.5 Å². The predicted octanol–water partition coefficient (Wildman–Crippen LogP) is 4.27. The van der Waals surface area contributed by atoms with E-state index in [-0.39, 0.29) is 5.91 Å². The van der Waals surface area contributed by atoms with Gasteiger partial charge in [0.2, 0.25) is 5.91 Å². The monoisotopic (exact) mass is 342 g/mol. The van der Waals surface area contributed by atoms with Crippen LogP contribution in [0.2, 0.25) is 0 Å². The highest BCUT2D eigenvalue weighted by atomic mass is 16.5. The maximum absolute atomic E-state index is 12.2. The topological polar surface area (TPSA) is 59.6 Å². The standard InChI is InChI=1S/C20H26N2O3/c1-14(2)16-7-5-6-8-17(16)21-12-11-20(23)22-15-9-10-18(24-3)19(13-15)25-4/h5-10,13-14,21H,11-12H2,1-4H3,(H,22,23). The lowest BCUT2D eigenvalue weighted by molar-refractivity contribution is -0.115. The first-order valence-corrected chi connectivity index (χ1v) is 8.39. The number of hydrogen-bond acceptors (Lipinski definition) is 4. The molecule has 134 valence electrons. The number of ether oxygens (including phenoxy) is 2. The van der Waals surface area contributed by atoms with Crippen molar-refractivity contribution in [2.75, 3.05) is 31.4 Å². The van der Waals surface area contributed by atoms with Crippen molar-refractivity contribution in [3.8, 4) is 11.5 Å². The Labute approximate surface area is 149 Å². The minimum absolute atomic E-state index is 0.0539. The maximum atomic E-state index is 12.2. The molecule has 2 aromatic carbocycles. The van der Waals surface area contributed by atoms with Gasteiger partial charge in [0.1, 0.15) is 0 Å². The summed E-state index contributed by atoms with van der Waals surface area (Å²) in [6.07, 6.45) is 0.376. The van der Waals surface area contributed by atoms with Crippen LogP contribution in [0.15, 0.2) is 42.5 Å². The Morgan fingerprint density at radius 3 is 2.44 bits per heavy atom. The molecule has 0 aromatic heterocycles. The van der Waals surface area contributed by atoms with Gasteiger partial charge < -0.3 is 20.1 Å². The summed E-state index contributed by atoms with van der Waals surface area (Å²) in [6.45, 7) is 4.89. The van der Waals surface area contributed by atoms with Gasteiger partial charge in [-0.2, -0.15) is 0 Å². The molecule has 0 saturated carbocycles. The van der Waals surface area contributed by atoms with Gasteiger partial charge in [0, 0.05) is 30.4 Å². The van der Waals surface area contributed by atoms with Crippen LogP contribution in [-0.4, -0.2) is 26.7 Å². The molecule has 0 unspecified atom stereocenters. The Morgan fingerprint density at radius 1 is 1.04 bits per heavy atom. The average Bonchev–Trinajstić information content (AvgIpc) is 2.61. The molecule has 5 nitrogen and oxygen atoms in total. The number of carbonyl (C=O) groups is 1. The number of para-hydroxylation sites is 1. The number of benzene rings is 2. The number of methoxy groups -OCH3 is 2. The number of anilines is 2. The number of nitrogens with one attached hydrogen (secondary N) is 2. The summed E-state index contributed by atoms with van der Waals surface area (Å²) < 4.78 is 10.4. The third-order valence-corrected chi connectivity index (χ3v) is 3.92. The second-order valence-corrected chi connectivity index (χ2v) is 6.04. The molecule has 0 bridgehead atoms. The third kappa shape index (κ3) is 5.14. The zero-order valence-corrected chi connectivity index (χ0v) is 15.3. The molecule has 2 rings (SSSR count). The van der Waals surface area contributed by atoms with Gasteiger partial charge in [0.25, 0.3) is 0 Å². The number of amides is 1. The van der Waals surface area contributed by atoms with Crippen molar-refractivity contribution >= 4 is 17.3 Å². The predicted molar refractivity (Wildman–Crippen MR) is 102 cm³/mol. The zero-order valence-electron chi connectivity index (χ0n) is 15.3. The molecule has 0 aliphatic carbocycles. The minimum Gasteiger partial charge on any atom is -0.493 e. The summed E-state index contributed by atoms with van der Waals surface area (Å²) in [5.41, 5.74) is 3.02. The number of hydrogen-bond donors (Lipinski definition) is 2. The van der Waals surface area contributed by atoms with Gasteiger partial charge in [-0.15, -0.1) is 0 Å². The minimum atomic E-state index is -0.0539. The highest BCUT2D eigenvalue weighted by Crippen LogP contribution is 2.29. The van der Waals surface area contributed by atoms with E-state index in [1.807, 2.05) is 18.2 Å². The fourth-order valence-corrected chi connectivity index (χ4v) is 2.61. The van der Waals surface area contributed by atoms with E-state index >= 15 is 0 Å². The van der Waals surface area contributed by atoms with Crippen LogP contribution in [0.5, 0.6) is 11.5 Å². The van der Waals surface area contributed by atoms with E-state index in [9.17, 15) is 4.79 Å². The van der Waals surface area contributed by atoms with Crippen molar-refractivity contribution in [3.05, 3.63) is 48.0 Å². The van der Waals surface area contributed by atoms with E-state index in [1.165, 1.54) is 5.56 Å². The van der Waals surface area contributed by atoms with Crippen LogP contribution in [0.25, 0.3) is 0 Å². The van der Waals surface area contributed by atoms with Gasteiger partial charge in [-0.1, -0.05) is 32.0 Å². The van der Waals surface area contributed by atoms with E-state index < -0.39 is 0 Å². The van der Waals surface area contributed by atoms with Gasteiger partial charge in [-0.3, -0.25) is 4.79 Å². The highest BCUT2D eigenvalue weighted by Gasteiger charge is 2.09. The van der Waals surface area contributed by atoms with E-state index in [4.69, 9.17) is 9.47 Å². The first-order chi connectivity index (χ1) is 12.0. The van der Waals surface area contributed by atoms with Crippen LogP contribution in [0.4, 0.5) is 11.4 Å². The molecule has 0 spiro atoms. The van der Waals surface area contributed by atoms with Crippen LogP contribution >= 0.6 is 0 Å². The lowest BCUT2D eigenvalue weighted by Gasteiger charge is -2.14. The fourth-order valence-electron chi connectivity index (χ4n) is 2.61. The molecule has 25 heavy (non-hydrogen) atoms. The van der Waals surface area contributed by atoms with Crippen molar-refractivity contribution in [3.63, 3.8) is 0 Å². The van der Waals surface area contributed by atoms with Gasteiger partial charge >= 0.3 is 0 Å². The summed E-state index contributed by atoms with van der Waals surface area (Å²) in [5, 5.41) is 6.22. The maximum Gasteiger partial charge on any atom is 0.226 e. The lowest BCUT2D eigenvalue weighted by atomic mass is 10.0. The fraction of sp³-hybridized carbons (Fsp3) is 0.350. The summed E-state index contributed by atoms with van der Waals surface area (Å²) in [6, 6.07) is 13.5. The Hall–Kier alpha value is -2.69. The summed E-state index contributed by atoms with van der Waals surface area (Å²) in [5.74, 6) is 1.60. The van der Waals surface area contributed by atoms with Gasteiger partial charge in [-0.05, 0) is 29.7 Å². The molecule has 2 aromatic rings. The van der Waals surface area contributed by atoms with E-state index in [1.54, 1.807) is 32.4 Å². The molecule has 0 aliphatic rings. The van der Waals surface area contributed by atoms with Crippen LogP contribution in [0, 0.1) is 0 Å². The molecule has 0 fully saturated rings. The molecule has 5 heteroatoms. The highest BCUT2D eigenvalue weighted by molar-refractivity contribution is 5.91. The normalized spacial score (nSPS) is 10.4. The molecule has 0 radical (unpaired) electrons. The van der Waals surface area contributed by atoms with Crippen LogP contribution in [-0.2, 0) is 4.79 Å². The van der Waals surface area contributed by atoms with Crippen LogP contribution < -0.4 is 20.1 Å². The van der Waals surface area contributed by atoms with Crippen molar-refractivity contribution in [1.82, 2.24) is 0 Å². The van der Waals surface area contributed by atoms with Crippen molar-refractivity contribution in [1.29, 1.82) is 0 Å². The second kappa shape index (κ2) is 8.97. The quantitative estimate of drug-likeness (QED) is 0.752. The van der Waals surface area contributed by atoms with E-state index in [2.05, 4.69) is 30.5 Å². The molecule has 1 amide bonds. The van der Waals surface area contributed by atoms with E-state index in [0.29, 0.717) is 36.1 Å². The Bertz CT molecular complexity index is 714. The lowest BCUT2D eigenvalue weighted by Crippen LogP contribution is -2.16. The average molecular weight is 342 g/mol.